The van der Waals surface area contributed by atoms with Gasteiger partial charge in [0.05, 0.1) is 6.26 Å². The van der Waals surface area contributed by atoms with E-state index in [0.717, 1.165) is 22.7 Å². The number of carbonyl (C=O) groups is 1. The number of halogens is 1. The SMILES string of the molecule is CNC(=O)C(CC1=CC[CH]C(Br)=C1)NS(C)(=O)=O. The van der Waals surface area contributed by atoms with Crippen LogP contribution in [0.25, 0.3) is 0 Å². The predicted molar refractivity (Wildman–Crippen MR) is 74.5 cm³/mol. The molecule has 2 N–H and O–H groups in total. The van der Waals surface area contributed by atoms with Crippen LogP contribution < -0.4 is 10.0 Å². The van der Waals surface area contributed by atoms with E-state index in [-0.39, 0.29) is 5.91 Å². The van der Waals surface area contributed by atoms with Crippen LogP contribution >= 0.6 is 15.9 Å². The largest absolute Gasteiger partial charge is 0.358 e. The highest BCUT2D eigenvalue weighted by atomic mass is 79.9. The van der Waals surface area contributed by atoms with Gasteiger partial charge in [0.25, 0.3) is 0 Å². The topological polar surface area (TPSA) is 75.3 Å². The van der Waals surface area contributed by atoms with Gasteiger partial charge in [-0.15, -0.1) is 0 Å². The Balaban J connectivity index is 2.79. The normalized spacial score (nSPS) is 17.7. The van der Waals surface area contributed by atoms with Crippen molar-refractivity contribution in [1.29, 1.82) is 0 Å². The first-order valence-corrected chi connectivity index (χ1v) is 8.08. The van der Waals surface area contributed by atoms with Crippen molar-refractivity contribution in [3.8, 4) is 0 Å². The number of sulfonamides is 1. The molecule has 1 radical (unpaired) electrons. The highest BCUT2D eigenvalue weighted by Gasteiger charge is 2.22. The van der Waals surface area contributed by atoms with Crippen molar-refractivity contribution in [1.82, 2.24) is 10.0 Å². The number of hydrogen-bond acceptors (Lipinski definition) is 3. The molecule has 1 aliphatic rings. The first kappa shape index (κ1) is 15.4. The lowest BCUT2D eigenvalue weighted by Crippen LogP contribution is -2.45. The molecule has 0 spiro atoms. The van der Waals surface area contributed by atoms with Crippen LogP contribution in [0.1, 0.15) is 12.8 Å². The summed E-state index contributed by atoms with van der Waals surface area (Å²) in [6.07, 6.45) is 7.97. The summed E-state index contributed by atoms with van der Waals surface area (Å²) in [6.45, 7) is 0. The Labute approximate surface area is 116 Å². The van der Waals surface area contributed by atoms with Crippen LogP contribution in [0.5, 0.6) is 0 Å². The van der Waals surface area contributed by atoms with Gasteiger partial charge in [-0.2, -0.15) is 0 Å². The van der Waals surface area contributed by atoms with E-state index >= 15 is 0 Å². The van der Waals surface area contributed by atoms with E-state index in [2.05, 4.69) is 26.0 Å². The Hall–Kier alpha value is -0.660. The van der Waals surface area contributed by atoms with E-state index in [1.165, 1.54) is 7.05 Å². The minimum absolute atomic E-state index is 0.329. The van der Waals surface area contributed by atoms with Crippen LogP contribution in [0.15, 0.2) is 22.2 Å². The molecule has 1 rings (SSSR count). The average molecular weight is 336 g/mol. The first-order valence-electron chi connectivity index (χ1n) is 5.40. The minimum atomic E-state index is -3.42. The lowest BCUT2D eigenvalue weighted by molar-refractivity contribution is -0.122. The molecular weight excluding hydrogens is 320 g/mol. The standard InChI is InChI=1S/C11H16BrN2O3S/c1-13-11(15)10(14-18(2,16)17)7-8-4-3-5-9(12)6-8/h4-6,10,14H,3,7H2,1-2H3,(H,13,15). The molecule has 18 heavy (non-hydrogen) atoms. The fraction of sp³-hybridized carbons (Fsp3) is 0.455. The summed E-state index contributed by atoms with van der Waals surface area (Å²) in [6, 6.07) is -0.786. The summed E-state index contributed by atoms with van der Waals surface area (Å²) >= 11 is 3.36. The average Bonchev–Trinajstić information content (AvgIpc) is 2.25. The molecule has 1 aliphatic carbocycles. The van der Waals surface area contributed by atoms with Crippen LogP contribution in [0.3, 0.4) is 0 Å². The van der Waals surface area contributed by atoms with Gasteiger partial charge in [0.15, 0.2) is 0 Å². The van der Waals surface area contributed by atoms with E-state index in [1.807, 2.05) is 18.6 Å². The molecule has 0 saturated heterocycles. The van der Waals surface area contributed by atoms with Gasteiger partial charge in [0, 0.05) is 13.5 Å². The van der Waals surface area contributed by atoms with Gasteiger partial charge in [-0.1, -0.05) is 22.0 Å². The molecule has 0 bridgehead atoms. The number of allylic oxidation sites excluding steroid dienone is 3. The van der Waals surface area contributed by atoms with Gasteiger partial charge in [-0.3, -0.25) is 4.79 Å². The van der Waals surface area contributed by atoms with Crippen molar-refractivity contribution in [2.45, 2.75) is 18.9 Å². The van der Waals surface area contributed by atoms with Gasteiger partial charge in [-0.25, -0.2) is 13.1 Å². The summed E-state index contributed by atoms with van der Waals surface area (Å²) in [5.41, 5.74) is 0.925. The Bertz CT molecular complexity index is 483. The molecule has 1 unspecified atom stereocenters. The molecule has 0 aliphatic heterocycles. The maximum absolute atomic E-state index is 11.6. The van der Waals surface area contributed by atoms with E-state index in [0.29, 0.717) is 6.42 Å². The van der Waals surface area contributed by atoms with Crippen LogP contribution in [-0.4, -0.2) is 33.7 Å². The molecule has 0 aromatic carbocycles. The maximum Gasteiger partial charge on any atom is 0.238 e. The Kier molecular flexibility index (Phi) is 5.55. The fourth-order valence-corrected chi connectivity index (χ4v) is 2.80. The second kappa shape index (κ2) is 6.49. The Morgan fingerprint density at radius 2 is 2.22 bits per heavy atom. The highest BCUT2D eigenvalue weighted by Crippen LogP contribution is 2.23. The van der Waals surface area contributed by atoms with E-state index < -0.39 is 16.1 Å². The zero-order chi connectivity index (χ0) is 13.8. The lowest BCUT2D eigenvalue weighted by Gasteiger charge is -2.18. The summed E-state index contributed by atoms with van der Waals surface area (Å²) in [4.78, 5) is 11.6. The zero-order valence-corrected chi connectivity index (χ0v) is 12.6. The Morgan fingerprint density at radius 1 is 1.56 bits per heavy atom. The highest BCUT2D eigenvalue weighted by molar-refractivity contribution is 9.11. The van der Waals surface area contributed by atoms with Crippen molar-refractivity contribution >= 4 is 31.9 Å². The van der Waals surface area contributed by atoms with Gasteiger partial charge in [-0.05, 0) is 29.0 Å². The molecule has 1 atom stereocenters. The minimum Gasteiger partial charge on any atom is -0.358 e. The smallest absolute Gasteiger partial charge is 0.238 e. The summed E-state index contributed by atoms with van der Waals surface area (Å²) in [5.74, 6) is -0.347. The van der Waals surface area contributed by atoms with Crippen LogP contribution in [-0.2, 0) is 14.8 Å². The molecule has 0 fully saturated rings. The van der Waals surface area contributed by atoms with Gasteiger partial charge < -0.3 is 5.32 Å². The molecular formula is C11H16BrN2O3S. The Morgan fingerprint density at radius 3 is 2.72 bits per heavy atom. The van der Waals surface area contributed by atoms with E-state index in [9.17, 15) is 13.2 Å². The number of hydrogen-bond donors (Lipinski definition) is 2. The van der Waals surface area contributed by atoms with Crippen molar-refractivity contribution in [3.05, 3.63) is 28.6 Å². The number of carbonyl (C=O) groups excluding carboxylic acids is 1. The summed E-state index contributed by atoms with van der Waals surface area (Å²) < 4.78 is 25.7. The second-order valence-electron chi connectivity index (χ2n) is 4.01. The summed E-state index contributed by atoms with van der Waals surface area (Å²) in [5, 5.41) is 2.46. The molecule has 5 nitrogen and oxygen atoms in total. The monoisotopic (exact) mass is 335 g/mol. The molecule has 0 saturated carbocycles. The predicted octanol–water partition coefficient (Wildman–Crippen LogP) is 0.853. The van der Waals surface area contributed by atoms with Gasteiger partial charge in [0.1, 0.15) is 6.04 Å². The molecule has 0 heterocycles. The fourth-order valence-electron chi connectivity index (χ4n) is 1.62. The summed E-state index contributed by atoms with van der Waals surface area (Å²) in [7, 11) is -1.94. The van der Waals surface area contributed by atoms with Gasteiger partial charge >= 0.3 is 0 Å². The third kappa shape index (κ3) is 5.32. The quantitative estimate of drug-likeness (QED) is 0.782. The maximum atomic E-state index is 11.6. The van der Waals surface area contributed by atoms with Crippen molar-refractivity contribution < 1.29 is 13.2 Å². The second-order valence-corrected chi connectivity index (χ2v) is 6.70. The number of amides is 1. The molecule has 1 amide bonds. The van der Waals surface area contributed by atoms with Crippen molar-refractivity contribution in [2.75, 3.05) is 13.3 Å². The number of nitrogens with one attached hydrogen (secondary N) is 2. The van der Waals surface area contributed by atoms with Gasteiger partial charge in [0.2, 0.25) is 15.9 Å². The molecule has 0 aromatic heterocycles. The van der Waals surface area contributed by atoms with Crippen molar-refractivity contribution in [3.63, 3.8) is 0 Å². The molecule has 0 aromatic rings. The lowest BCUT2D eigenvalue weighted by atomic mass is 10.0. The first-order chi connectivity index (χ1) is 8.31. The third-order valence-electron chi connectivity index (χ3n) is 2.38. The van der Waals surface area contributed by atoms with Crippen LogP contribution in [0.4, 0.5) is 0 Å². The number of likely N-dealkylation sites (N-methyl/N-ethyl adjacent to an activating group) is 1. The van der Waals surface area contributed by atoms with Crippen LogP contribution in [0.2, 0.25) is 0 Å². The number of rotatable bonds is 5. The zero-order valence-electron chi connectivity index (χ0n) is 10.2. The van der Waals surface area contributed by atoms with E-state index in [4.69, 9.17) is 0 Å². The molecule has 101 valence electrons. The molecule has 7 heteroatoms. The van der Waals surface area contributed by atoms with Crippen molar-refractivity contribution in [2.24, 2.45) is 0 Å². The van der Waals surface area contributed by atoms with E-state index in [1.54, 1.807) is 0 Å². The third-order valence-corrected chi connectivity index (χ3v) is 3.64. The van der Waals surface area contributed by atoms with Crippen LogP contribution in [0, 0.1) is 6.42 Å².